The fourth-order valence-electron chi connectivity index (χ4n) is 13.8. The molecule has 1 aliphatic carbocycles. The van der Waals surface area contributed by atoms with Crippen molar-refractivity contribution in [3.05, 3.63) is 337 Å². The van der Waals surface area contributed by atoms with E-state index >= 15 is 0 Å². The van der Waals surface area contributed by atoms with Gasteiger partial charge in [-0.1, -0.05) is 48.5 Å². The maximum Gasteiger partial charge on any atom is 0.435 e. The molecular formula is C91H79F5N16O8S4. The summed E-state index contributed by atoms with van der Waals surface area (Å²) in [5.41, 5.74) is 21.4. The lowest BCUT2D eigenvalue weighted by Gasteiger charge is -2.12. The zero-order valence-corrected chi connectivity index (χ0v) is 70.4. The topological polar surface area (TPSA) is 363 Å². The second-order valence-corrected chi connectivity index (χ2v) is 35.6. The minimum Gasteiger partial charge on any atom is -0.265 e. The third-order valence-electron chi connectivity index (χ3n) is 20.5. The average molecular weight is 1750 g/mol. The third-order valence-corrected chi connectivity index (χ3v) is 24.2. The van der Waals surface area contributed by atoms with Crippen molar-refractivity contribution in [1.82, 2.24) is 59.1 Å². The first-order valence-corrected chi connectivity index (χ1v) is 44.4. The molecule has 8 aromatic carbocycles. The van der Waals surface area contributed by atoms with Gasteiger partial charge in [0.2, 0.25) is 40.1 Å². The van der Waals surface area contributed by atoms with Gasteiger partial charge in [-0.2, -0.15) is 33.6 Å². The molecule has 8 heterocycles. The molecule has 17 rings (SSSR count). The number of rotatable bonds is 18. The molecule has 0 aliphatic heterocycles. The molecule has 8 aromatic heterocycles. The van der Waals surface area contributed by atoms with Gasteiger partial charge < -0.3 is 0 Å². The molecule has 1 fully saturated rings. The normalized spacial score (nSPS) is 12.4. The van der Waals surface area contributed by atoms with Crippen LogP contribution in [0.15, 0.2) is 306 Å². The maximum atomic E-state index is 13.5. The average Bonchev–Trinajstić information content (AvgIpc) is 1.63. The Kier molecular flexibility index (Phi) is 24.9. The number of nitrogens with two attached hydrogens (primary N) is 4. The Bertz CT molecular complexity index is 6920. The van der Waals surface area contributed by atoms with Crippen LogP contribution in [0.3, 0.4) is 0 Å². The van der Waals surface area contributed by atoms with E-state index in [2.05, 4.69) is 91.5 Å². The van der Waals surface area contributed by atoms with Crippen LogP contribution in [0.2, 0.25) is 0 Å². The number of aryl methyl sites for hydroxylation is 6. The quantitative estimate of drug-likeness (QED) is 0.0580. The lowest BCUT2D eigenvalue weighted by molar-refractivity contribution is -0.141. The number of hydrogen-bond acceptors (Lipinski definition) is 16. The highest BCUT2D eigenvalue weighted by atomic mass is 32.2. The predicted molar refractivity (Wildman–Crippen MR) is 465 cm³/mol. The molecule has 0 spiro atoms. The van der Waals surface area contributed by atoms with E-state index in [-0.39, 0.29) is 36.7 Å². The van der Waals surface area contributed by atoms with Crippen molar-refractivity contribution in [3.8, 4) is 112 Å². The van der Waals surface area contributed by atoms with E-state index in [0.717, 1.165) is 147 Å². The number of nitrogens with zero attached hydrogens (tertiary/aromatic N) is 12. The van der Waals surface area contributed by atoms with Gasteiger partial charge in [0.1, 0.15) is 5.69 Å². The lowest BCUT2D eigenvalue weighted by Crippen LogP contribution is -2.12. The fourth-order valence-corrected chi connectivity index (χ4v) is 15.9. The highest BCUT2D eigenvalue weighted by molar-refractivity contribution is 7.90. The Hall–Kier alpha value is -13.5. The summed E-state index contributed by atoms with van der Waals surface area (Å²) in [6.45, 7) is 11.6. The van der Waals surface area contributed by atoms with Crippen LogP contribution in [0.4, 0.5) is 22.0 Å². The van der Waals surface area contributed by atoms with Gasteiger partial charge in [0.15, 0.2) is 5.69 Å². The minimum atomic E-state index is -4.66. The Balaban J connectivity index is 0.000000135. The summed E-state index contributed by atoms with van der Waals surface area (Å²) in [4.78, 5) is 16.3. The molecule has 1 aliphatic rings. The van der Waals surface area contributed by atoms with E-state index in [1.54, 1.807) is 80.6 Å². The smallest absolute Gasteiger partial charge is 0.265 e. The zero-order valence-electron chi connectivity index (χ0n) is 67.2. The molecule has 8 N–H and O–H groups in total. The largest absolute Gasteiger partial charge is 0.435 e. The second-order valence-electron chi connectivity index (χ2n) is 29.4. The summed E-state index contributed by atoms with van der Waals surface area (Å²) in [5, 5.41) is 38.1. The number of alkyl halides is 5. The van der Waals surface area contributed by atoms with Crippen LogP contribution in [0.25, 0.3) is 112 Å². The molecule has 0 bridgehead atoms. The van der Waals surface area contributed by atoms with Gasteiger partial charge in [0.25, 0.3) is 6.43 Å². The Morgan fingerprint density at radius 3 is 0.952 bits per heavy atom. The first-order chi connectivity index (χ1) is 58.9. The number of halogens is 5. The predicted octanol–water partition coefficient (Wildman–Crippen LogP) is 17.7. The molecule has 0 radical (unpaired) electrons. The Morgan fingerprint density at radius 2 is 0.621 bits per heavy atom. The third kappa shape index (κ3) is 20.1. The number of aromatic nitrogens is 12. The second kappa shape index (κ2) is 35.5. The van der Waals surface area contributed by atoms with Gasteiger partial charge in [0, 0.05) is 77.2 Å². The van der Waals surface area contributed by atoms with Crippen LogP contribution in [0.1, 0.15) is 75.9 Å². The zero-order chi connectivity index (χ0) is 88.3. The molecular weight excluding hydrogens is 1670 g/mol. The molecule has 0 unspecified atom stereocenters. The van der Waals surface area contributed by atoms with E-state index in [1.165, 1.54) is 83.5 Å². The van der Waals surface area contributed by atoms with Crippen LogP contribution < -0.4 is 20.6 Å². The van der Waals surface area contributed by atoms with E-state index in [0.29, 0.717) is 22.9 Å². The van der Waals surface area contributed by atoms with Crippen molar-refractivity contribution in [1.29, 1.82) is 0 Å². The summed E-state index contributed by atoms with van der Waals surface area (Å²) < 4.78 is 166. The maximum absolute atomic E-state index is 13.5. The number of pyridine rings is 4. The van der Waals surface area contributed by atoms with Crippen LogP contribution in [0, 0.1) is 41.5 Å². The molecule has 0 amide bonds. The number of sulfonamides is 4. The van der Waals surface area contributed by atoms with Crippen LogP contribution >= 0.6 is 0 Å². The van der Waals surface area contributed by atoms with E-state index < -0.39 is 58.4 Å². The standard InChI is InChI=1S/C24H22N4O2S.C23H19F3N4O2S.C22H18F2N4O2S.C22H20N4O2S/c1-16-2-3-19(17-10-12-26-13-11-17)14-22(16)24-15-23(18-4-5-18)27-28(24)20-6-8-21(9-7-20)31(25,29)30;1-14-3-4-16(17-9-10-28-15(2)11-17)12-20(14)21-13-22(23(24,25)26)29-30(21)18-5-7-19(8-6-18)33(27,31)32;1-14-2-3-16(15-8-10-26-11-9-15)12-19(14)21-13-20(22(23)24)27-28(21)17-4-6-18(7-5-17)31(25,29)30;1-15-3-4-18(17-9-11-24-12-10-17)14-21(15)22-13-16(2)25-26(22)19-5-7-20(8-6-19)29(23,27)28/h2-3,6-15,18H,4-5H2,1H3,(H2,25,29,30);3-13H,1-2H3,(H2,27,31,32);2-13,22H,1H3,(H2,25,29,30);3-14H,1-2H3,(H2,23,27,28). The monoisotopic (exact) mass is 1750 g/mol. The van der Waals surface area contributed by atoms with Crippen molar-refractivity contribution >= 4 is 40.1 Å². The molecule has 0 atom stereocenters. The fraction of sp³-hybridized carbons (Fsp3) is 0.121. The van der Waals surface area contributed by atoms with Crippen molar-refractivity contribution in [2.45, 2.75) is 92.5 Å². The van der Waals surface area contributed by atoms with Crippen LogP contribution in [-0.2, 0) is 46.3 Å². The van der Waals surface area contributed by atoms with Gasteiger partial charge >= 0.3 is 6.18 Å². The number of benzene rings is 8. The van der Waals surface area contributed by atoms with Crippen molar-refractivity contribution in [2.75, 3.05) is 0 Å². The van der Waals surface area contributed by atoms with Gasteiger partial charge in [-0.05, 0) is 315 Å². The lowest BCUT2D eigenvalue weighted by atomic mass is 9.98. The summed E-state index contributed by atoms with van der Waals surface area (Å²) in [6.07, 6.45) is 7.04. The highest BCUT2D eigenvalue weighted by Crippen LogP contribution is 2.44. The molecule has 630 valence electrons. The van der Waals surface area contributed by atoms with E-state index in [9.17, 15) is 55.6 Å². The molecule has 24 nitrogen and oxygen atoms in total. The van der Waals surface area contributed by atoms with Gasteiger partial charge in [-0.3, -0.25) is 19.9 Å². The van der Waals surface area contributed by atoms with Crippen molar-refractivity contribution < 1.29 is 55.6 Å². The Morgan fingerprint density at radius 1 is 0.323 bits per heavy atom. The molecule has 33 heteroatoms. The van der Waals surface area contributed by atoms with Gasteiger partial charge in [-0.15, -0.1) is 0 Å². The SMILES string of the molecule is Cc1cc(-c2cc(-c3ccncc3)ccc2C)n(-c2ccc(S(N)(=O)=O)cc2)n1.Cc1cc(-c2ccc(C)c(-c3cc(C(F)(F)F)nn3-c3ccc(S(N)(=O)=O)cc3)c2)ccn1.Cc1ccc(-c2ccncc2)cc1-c1cc(C(F)F)nn1-c1ccc(S(N)(=O)=O)cc1.Cc1ccc(-c2ccncc2)cc1-c1cc(C2CC2)nn1-c1ccc(S(N)(=O)=O)cc1. The molecule has 124 heavy (non-hydrogen) atoms. The minimum absolute atomic E-state index is 0.0718. The first-order valence-electron chi connectivity index (χ1n) is 38.2. The summed E-state index contributed by atoms with van der Waals surface area (Å²) >= 11 is 0. The van der Waals surface area contributed by atoms with Gasteiger partial charge in [0.05, 0.1) is 76.5 Å². The number of primary sulfonamides is 4. The molecule has 16 aromatic rings. The van der Waals surface area contributed by atoms with Gasteiger partial charge in [-0.25, -0.2) is 81.7 Å². The summed E-state index contributed by atoms with van der Waals surface area (Å²) in [6, 6.07) is 69.6. The summed E-state index contributed by atoms with van der Waals surface area (Å²) in [7, 11) is -15.3. The Labute approximate surface area is 712 Å². The first kappa shape index (κ1) is 86.9. The molecule has 1 saturated carbocycles. The van der Waals surface area contributed by atoms with E-state index in [4.69, 9.17) is 25.7 Å². The van der Waals surface area contributed by atoms with Crippen molar-refractivity contribution in [2.24, 2.45) is 20.6 Å². The summed E-state index contributed by atoms with van der Waals surface area (Å²) in [5.74, 6) is 0.493. The molecule has 0 saturated heterocycles. The van der Waals surface area contributed by atoms with Crippen molar-refractivity contribution in [3.63, 3.8) is 0 Å². The van der Waals surface area contributed by atoms with Crippen LogP contribution in [-0.4, -0.2) is 92.7 Å². The van der Waals surface area contributed by atoms with Crippen LogP contribution in [0.5, 0.6) is 0 Å². The van der Waals surface area contributed by atoms with E-state index in [1.807, 2.05) is 115 Å². The number of hydrogen-bond donors (Lipinski definition) is 4. The highest BCUT2D eigenvalue weighted by Gasteiger charge is 2.36.